The van der Waals surface area contributed by atoms with Gasteiger partial charge in [-0.3, -0.25) is 10.1 Å². The Kier molecular flexibility index (Phi) is 6.83. The molecule has 1 unspecified atom stereocenters. The molecule has 0 aromatic carbocycles. The number of nitrogens with one attached hydrogen (secondary N) is 1. The van der Waals surface area contributed by atoms with E-state index in [0.717, 1.165) is 36.7 Å². The lowest BCUT2D eigenvalue weighted by molar-refractivity contribution is -0.126. The molecule has 3 rings (SSSR count). The maximum atomic E-state index is 12.2. The number of aryl methyl sites for hydroxylation is 1. The van der Waals surface area contributed by atoms with E-state index < -0.39 is 0 Å². The molecule has 0 radical (unpaired) electrons. The highest BCUT2D eigenvalue weighted by atomic mass is 35.5. The Morgan fingerprint density at radius 2 is 2.26 bits per heavy atom. The fraction of sp³-hybridized carbons (Fsp3) is 0.750. The third kappa shape index (κ3) is 4.44. The fourth-order valence-corrected chi connectivity index (χ4v) is 4.53. The van der Waals surface area contributed by atoms with Crippen LogP contribution in [0.4, 0.5) is 5.13 Å². The number of fused-ring (bicyclic) bond motifs is 1. The molecule has 0 bridgehead atoms. The number of thiazole rings is 1. The first kappa shape index (κ1) is 18.6. The molecule has 0 spiro atoms. The zero-order valence-corrected chi connectivity index (χ0v) is 15.2. The molecule has 1 saturated heterocycles. The van der Waals surface area contributed by atoms with Crippen molar-refractivity contribution in [3.8, 4) is 0 Å². The van der Waals surface area contributed by atoms with Gasteiger partial charge >= 0.3 is 0 Å². The van der Waals surface area contributed by atoms with E-state index in [9.17, 15) is 4.79 Å². The predicted molar refractivity (Wildman–Crippen MR) is 95.4 cm³/mol. The molecule has 5 nitrogen and oxygen atoms in total. The molecule has 1 aromatic rings. The normalized spacial score (nSPS) is 26.4. The van der Waals surface area contributed by atoms with E-state index in [0.29, 0.717) is 6.54 Å². The Labute approximate surface area is 147 Å². The van der Waals surface area contributed by atoms with Gasteiger partial charge in [-0.1, -0.05) is 19.8 Å². The second-order valence-corrected chi connectivity index (χ2v) is 7.42. The molecule has 2 aliphatic rings. The summed E-state index contributed by atoms with van der Waals surface area (Å²) in [6.07, 6.45) is 7.17. The van der Waals surface area contributed by atoms with Gasteiger partial charge in [-0.2, -0.15) is 0 Å². The van der Waals surface area contributed by atoms with Crippen molar-refractivity contribution in [3.05, 3.63) is 10.6 Å². The highest BCUT2D eigenvalue weighted by Crippen LogP contribution is 2.34. The van der Waals surface area contributed by atoms with Gasteiger partial charge < -0.3 is 10.5 Å². The van der Waals surface area contributed by atoms with E-state index in [4.69, 9.17) is 10.5 Å². The van der Waals surface area contributed by atoms with Crippen LogP contribution in [-0.2, 0) is 22.4 Å². The monoisotopic (exact) mass is 359 g/mol. The van der Waals surface area contributed by atoms with Crippen LogP contribution in [-0.4, -0.2) is 29.6 Å². The molecule has 130 valence electrons. The van der Waals surface area contributed by atoms with Crippen LogP contribution in [0.3, 0.4) is 0 Å². The van der Waals surface area contributed by atoms with Crippen molar-refractivity contribution in [2.45, 2.75) is 64.1 Å². The standard InChI is InChI=1S/C16H25N3O2S.ClH/c1-2-3-10-4-6-12-14(8-10)22-16(18-12)19-15(20)13-7-5-11(9-17)21-13;/h10-11,13H,2-9,17H2,1H3,(H,18,19,20);1H/t10?,11-,13+;/m1./s1. The Bertz CT molecular complexity index is 537. The van der Waals surface area contributed by atoms with Gasteiger partial charge in [0.2, 0.25) is 0 Å². The fourth-order valence-electron chi connectivity index (χ4n) is 3.41. The first-order valence-electron chi connectivity index (χ1n) is 8.34. The topological polar surface area (TPSA) is 77.2 Å². The number of carbonyl (C=O) groups is 1. The van der Waals surface area contributed by atoms with Crippen LogP contribution in [0.25, 0.3) is 0 Å². The lowest BCUT2D eigenvalue weighted by atomic mass is 9.88. The molecule has 3 atom stereocenters. The highest BCUT2D eigenvalue weighted by molar-refractivity contribution is 7.15. The number of nitrogens with two attached hydrogens (primary N) is 1. The predicted octanol–water partition coefficient (Wildman–Crippen LogP) is 2.91. The van der Waals surface area contributed by atoms with Crippen LogP contribution in [0.15, 0.2) is 0 Å². The lowest BCUT2D eigenvalue weighted by Crippen LogP contribution is -2.29. The zero-order chi connectivity index (χ0) is 15.5. The van der Waals surface area contributed by atoms with E-state index >= 15 is 0 Å². The molecule has 2 heterocycles. The molecule has 3 N–H and O–H groups in total. The van der Waals surface area contributed by atoms with E-state index in [2.05, 4.69) is 17.2 Å². The van der Waals surface area contributed by atoms with Gasteiger partial charge in [0.25, 0.3) is 5.91 Å². The van der Waals surface area contributed by atoms with Crippen LogP contribution in [0.1, 0.15) is 49.6 Å². The quantitative estimate of drug-likeness (QED) is 0.847. The van der Waals surface area contributed by atoms with Crippen molar-refractivity contribution in [2.75, 3.05) is 11.9 Å². The number of anilines is 1. The summed E-state index contributed by atoms with van der Waals surface area (Å²) in [6.45, 7) is 2.72. The number of aromatic nitrogens is 1. The minimum Gasteiger partial charge on any atom is -0.364 e. The summed E-state index contributed by atoms with van der Waals surface area (Å²) >= 11 is 1.64. The first-order chi connectivity index (χ1) is 10.7. The van der Waals surface area contributed by atoms with Crippen molar-refractivity contribution < 1.29 is 9.53 Å². The molecular weight excluding hydrogens is 334 g/mol. The maximum Gasteiger partial charge on any atom is 0.255 e. The van der Waals surface area contributed by atoms with Gasteiger partial charge in [0.05, 0.1) is 11.8 Å². The van der Waals surface area contributed by atoms with Crippen LogP contribution in [0, 0.1) is 5.92 Å². The Morgan fingerprint density at radius 1 is 1.43 bits per heavy atom. The average Bonchev–Trinajstić information content (AvgIpc) is 3.12. The van der Waals surface area contributed by atoms with Gasteiger partial charge in [0.15, 0.2) is 5.13 Å². The summed E-state index contributed by atoms with van der Waals surface area (Å²) in [5, 5.41) is 3.66. The minimum absolute atomic E-state index is 0. The summed E-state index contributed by atoms with van der Waals surface area (Å²) in [4.78, 5) is 18.2. The Hall–Kier alpha value is -0.690. The number of nitrogens with zero attached hydrogens (tertiary/aromatic N) is 1. The number of hydrogen-bond acceptors (Lipinski definition) is 5. The maximum absolute atomic E-state index is 12.2. The summed E-state index contributed by atoms with van der Waals surface area (Å²) in [6, 6.07) is 0. The molecule has 0 saturated carbocycles. The molecule has 1 aliphatic carbocycles. The molecule has 1 amide bonds. The number of rotatable bonds is 5. The number of ether oxygens (including phenoxy) is 1. The van der Waals surface area contributed by atoms with Gasteiger partial charge in [-0.05, 0) is 38.0 Å². The zero-order valence-electron chi connectivity index (χ0n) is 13.5. The van der Waals surface area contributed by atoms with Crippen LogP contribution >= 0.6 is 23.7 Å². The van der Waals surface area contributed by atoms with Gasteiger partial charge in [-0.15, -0.1) is 23.7 Å². The van der Waals surface area contributed by atoms with E-state index in [1.54, 1.807) is 11.3 Å². The Morgan fingerprint density at radius 3 is 2.96 bits per heavy atom. The summed E-state index contributed by atoms with van der Waals surface area (Å²) in [5.74, 6) is 0.706. The number of carbonyl (C=O) groups excluding carboxylic acids is 1. The van der Waals surface area contributed by atoms with E-state index in [-0.39, 0.29) is 30.5 Å². The van der Waals surface area contributed by atoms with Crippen molar-refractivity contribution in [3.63, 3.8) is 0 Å². The smallest absolute Gasteiger partial charge is 0.255 e. The van der Waals surface area contributed by atoms with Gasteiger partial charge in [0, 0.05) is 11.4 Å². The van der Waals surface area contributed by atoms with E-state index in [1.165, 1.54) is 29.8 Å². The van der Waals surface area contributed by atoms with Crippen LogP contribution in [0.5, 0.6) is 0 Å². The van der Waals surface area contributed by atoms with E-state index in [1.807, 2.05) is 0 Å². The minimum atomic E-state index is -0.373. The van der Waals surface area contributed by atoms with Crippen molar-refractivity contribution in [1.29, 1.82) is 0 Å². The van der Waals surface area contributed by atoms with Crippen LogP contribution < -0.4 is 11.1 Å². The van der Waals surface area contributed by atoms with Crippen molar-refractivity contribution in [1.82, 2.24) is 4.98 Å². The SMILES string of the molecule is CCCC1CCc2nc(NC(=O)[C@@H]3CC[C@H](CN)O3)sc2C1.Cl. The second kappa shape index (κ2) is 8.42. The third-order valence-corrected chi connectivity index (χ3v) is 5.67. The molecule has 1 aromatic heterocycles. The molecule has 23 heavy (non-hydrogen) atoms. The lowest BCUT2D eigenvalue weighted by Gasteiger charge is -2.19. The average molecular weight is 360 g/mol. The van der Waals surface area contributed by atoms with Crippen molar-refractivity contribution in [2.24, 2.45) is 11.7 Å². The number of amides is 1. The summed E-state index contributed by atoms with van der Waals surface area (Å²) < 4.78 is 5.64. The largest absolute Gasteiger partial charge is 0.364 e. The van der Waals surface area contributed by atoms with Crippen molar-refractivity contribution >= 4 is 34.8 Å². The molecule has 7 heteroatoms. The number of hydrogen-bond donors (Lipinski definition) is 2. The number of halogens is 1. The van der Waals surface area contributed by atoms with Gasteiger partial charge in [-0.25, -0.2) is 4.98 Å². The van der Waals surface area contributed by atoms with Crippen LogP contribution in [0.2, 0.25) is 0 Å². The third-order valence-electron chi connectivity index (χ3n) is 4.63. The molecule has 1 aliphatic heterocycles. The second-order valence-electron chi connectivity index (χ2n) is 6.34. The highest BCUT2D eigenvalue weighted by Gasteiger charge is 2.31. The Balaban J connectivity index is 0.00000192. The summed E-state index contributed by atoms with van der Waals surface area (Å²) in [5.41, 5.74) is 6.77. The molecular formula is C16H26ClN3O2S. The van der Waals surface area contributed by atoms with Gasteiger partial charge in [0.1, 0.15) is 6.10 Å². The first-order valence-corrected chi connectivity index (χ1v) is 9.16. The summed E-state index contributed by atoms with van der Waals surface area (Å²) in [7, 11) is 0. The molecule has 1 fully saturated rings.